The molecule has 2 amide bonds. The van der Waals surface area contributed by atoms with Crippen LogP contribution in [0.5, 0.6) is 0 Å². The summed E-state index contributed by atoms with van der Waals surface area (Å²) in [6.07, 6.45) is 3.32. The van der Waals surface area contributed by atoms with Crippen molar-refractivity contribution in [2.75, 3.05) is 37.9 Å². The summed E-state index contributed by atoms with van der Waals surface area (Å²) in [7, 11) is 1.64. The number of methoxy groups -OCH3 is 1. The van der Waals surface area contributed by atoms with Crippen LogP contribution >= 0.6 is 0 Å². The fraction of sp³-hybridized carbons (Fsp3) is 0.333. The van der Waals surface area contributed by atoms with E-state index in [0.717, 1.165) is 25.9 Å². The third-order valence-electron chi connectivity index (χ3n) is 5.08. The molecule has 0 aliphatic carbocycles. The summed E-state index contributed by atoms with van der Waals surface area (Å²) in [5, 5.41) is 2.85. The van der Waals surface area contributed by atoms with Crippen LogP contribution in [0.25, 0.3) is 11.2 Å². The largest absolute Gasteiger partial charge is 0.399 e. The molecular formula is C21H24N6O3. The number of hydrogen-bond donors (Lipinski definition) is 2. The number of ether oxygens (including phenoxy) is 1. The van der Waals surface area contributed by atoms with E-state index in [0.29, 0.717) is 47.1 Å². The topological polar surface area (TPSA) is 115 Å². The number of nitrogens with zero attached hydrogens (tertiary/aromatic N) is 4. The molecule has 1 aliphatic heterocycles. The van der Waals surface area contributed by atoms with Gasteiger partial charge in [-0.2, -0.15) is 0 Å². The van der Waals surface area contributed by atoms with Crippen molar-refractivity contribution in [3.8, 4) is 0 Å². The molecule has 0 unspecified atom stereocenters. The molecule has 9 heteroatoms. The number of benzene rings is 1. The molecule has 1 aromatic carbocycles. The molecule has 2 aromatic heterocycles. The lowest BCUT2D eigenvalue weighted by Gasteiger charge is -2.30. The number of nitrogen functional groups attached to an aromatic ring is 1. The maximum atomic E-state index is 12.7. The molecule has 30 heavy (non-hydrogen) atoms. The number of anilines is 2. The van der Waals surface area contributed by atoms with Crippen molar-refractivity contribution < 1.29 is 14.3 Å². The number of rotatable bonds is 7. The van der Waals surface area contributed by atoms with Crippen molar-refractivity contribution in [2.24, 2.45) is 0 Å². The van der Waals surface area contributed by atoms with Crippen molar-refractivity contribution in [3.05, 3.63) is 47.7 Å². The van der Waals surface area contributed by atoms with Gasteiger partial charge in [0.05, 0.1) is 5.56 Å². The van der Waals surface area contributed by atoms with E-state index in [1.54, 1.807) is 48.5 Å². The Morgan fingerprint density at radius 3 is 2.77 bits per heavy atom. The number of likely N-dealkylation sites (tertiary alicyclic amines) is 1. The zero-order chi connectivity index (χ0) is 21.1. The number of aryl methyl sites for hydroxylation is 1. The first-order valence-electron chi connectivity index (χ1n) is 9.88. The highest BCUT2D eigenvalue weighted by Gasteiger charge is 2.23. The number of nitrogens with two attached hydrogens (primary N) is 1. The lowest BCUT2D eigenvalue weighted by molar-refractivity contribution is 0.0651. The van der Waals surface area contributed by atoms with Gasteiger partial charge in [-0.15, -0.1) is 0 Å². The second-order valence-corrected chi connectivity index (χ2v) is 7.23. The molecule has 0 radical (unpaired) electrons. The average molecular weight is 408 g/mol. The van der Waals surface area contributed by atoms with Gasteiger partial charge in [0.1, 0.15) is 5.52 Å². The van der Waals surface area contributed by atoms with E-state index in [9.17, 15) is 9.59 Å². The zero-order valence-electron chi connectivity index (χ0n) is 16.8. The molecular weight excluding hydrogens is 384 g/mol. The lowest BCUT2D eigenvalue weighted by atomic mass is 10.1. The first-order valence-corrected chi connectivity index (χ1v) is 9.88. The number of imidazole rings is 1. The molecule has 1 aliphatic rings. The van der Waals surface area contributed by atoms with Crippen molar-refractivity contribution in [1.82, 2.24) is 19.4 Å². The van der Waals surface area contributed by atoms with Crippen LogP contribution in [0.1, 0.15) is 33.6 Å². The summed E-state index contributed by atoms with van der Waals surface area (Å²) in [5.41, 5.74) is 8.39. The van der Waals surface area contributed by atoms with E-state index in [2.05, 4.69) is 15.3 Å². The van der Waals surface area contributed by atoms with E-state index < -0.39 is 0 Å². The van der Waals surface area contributed by atoms with Gasteiger partial charge in [0.15, 0.2) is 5.65 Å². The van der Waals surface area contributed by atoms with Gasteiger partial charge in [0.2, 0.25) is 5.95 Å². The van der Waals surface area contributed by atoms with Crippen LogP contribution in [0.2, 0.25) is 0 Å². The minimum Gasteiger partial charge on any atom is -0.399 e. The van der Waals surface area contributed by atoms with Crippen molar-refractivity contribution >= 4 is 34.6 Å². The molecule has 0 spiro atoms. The van der Waals surface area contributed by atoms with Gasteiger partial charge in [-0.05, 0) is 37.1 Å². The number of fused-ring (bicyclic) bond motifs is 1. The van der Waals surface area contributed by atoms with Crippen LogP contribution in [0.4, 0.5) is 11.6 Å². The molecule has 0 bridgehead atoms. The molecule has 1 saturated heterocycles. The second-order valence-electron chi connectivity index (χ2n) is 7.23. The van der Waals surface area contributed by atoms with Crippen LogP contribution < -0.4 is 11.1 Å². The summed E-state index contributed by atoms with van der Waals surface area (Å²) < 4.78 is 6.98. The number of carbonyl (C=O) groups excluding carboxylic acids is 2. The second kappa shape index (κ2) is 8.50. The lowest BCUT2D eigenvalue weighted by Crippen LogP contribution is -2.42. The van der Waals surface area contributed by atoms with Crippen molar-refractivity contribution in [1.29, 1.82) is 0 Å². The molecule has 9 nitrogen and oxygen atoms in total. The monoisotopic (exact) mass is 408 g/mol. The third-order valence-corrected chi connectivity index (χ3v) is 5.08. The SMILES string of the molecule is COCCCn1c(NC(=O)c2cccc(N)c2)nc2cc(C(=O)N3CCC3)cnc21. The summed E-state index contributed by atoms with van der Waals surface area (Å²) >= 11 is 0. The molecule has 0 saturated carbocycles. The minimum atomic E-state index is -0.317. The van der Waals surface area contributed by atoms with E-state index in [1.807, 2.05) is 4.57 Å². The fourth-order valence-electron chi connectivity index (χ4n) is 3.36. The predicted octanol–water partition coefficient (Wildman–Crippen LogP) is 2.15. The molecule has 0 atom stereocenters. The van der Waals surface area contributed by atoms with Crippen LogP contribution in [-0.4, -0.2) is 58.1 Å². The van der Waals surface area contributed by atoms with E-state index >= 15 is 0 Å². The number of carbonyl (C=O) groups is 2. The van der Waals surface area contributed by atoms with Crippen LogP contribution in [0.3, 0.4) is 0 Å². The molecule has 1 fully saturated rings. The van der Waals surface area contributed by atoms with Crippen molar-refractivity contribution in [3.63, 3.8) is 0 Å². The van der Waals surface area contributed by atoms with Gasteiger partial charge >= 0.3 is 0 Å². The summed E-state index contributed by atoms with van der Waals surface area (Å²) in [6.45, 7) is 2.66. The highest BCUT2D eigenvalue weighted by atomic mass is 16.5. The molecule has 3 heterocycles. The van der Waals surface area contributed by atoms with Gasteiger partial charge in [0, 0.05) is 50.8 Å². The number of hydrogen-bond acceptors (Lipinski definition) is 6. The first kappa shape index (κ1) is 19.8. The van der Waals surface area contributed by atoms with Crippen LogP contribution in [0.15, 0.2) is 36.5 Å². The number of amides is 2. The number of aromatic nitrogens is 3. The number of nitrogens with one attached hydrogen (secondary N) is 1. The van der Waals surface area contributed by atoms with Gasteiger partial charge in [-0.3, -0.25) is 19.5 Å². The van der Waals surface area contributed by atoms with Gasteiger partial charge in [-0.25, -0.2) is 9.97 Å². The number of pyridine rings is 1. The Morgan fingerprint density at radius 2 is 2.07 bits per heavy atom. The highest BCUT2D eigenvalue weighted by Crippen LogP contribution is 2.22. The summed E-state index contributed by atoms with van der Waals surface area (Å²) in [4.78, 5) is 36.0. The minimum absolute atomic E-state index is 0.0464. The van der Waals surface area contributed by atoms with Crippen molar-refractivity contribution in [2.45, 2.75) is 19.4 Å². The maximum absolute atomic E-state index is 12.7. The molecule has 3 N–H and O–H groups in total. The zero-order valence-corrected chi connectivity index (χ0v) is 16.8. The van der Waals surface area contributed by atoms with E-state index in [1.165, 1.54) is 0 Å². The predicted molar refractivity (Wildman–Crippen MR) is 113 cm³/mol. The fourth-order valence-corrected chi connectivity index (χ4v) is 3.36. The van der Waals surface area contributed by atoms with Gasteiger partial charge in [0.25, 0.3) is 11.8 Å². The third kappa shape index (κ3) is 3.97. The van der Waals surface area contributed by atoms with Gasteiger partial charge in [-0.1, -0.05) is 6.07 Å². The van der Waals surface area contributed by atoms with Crippen LogP contribution in [0, 0.1) is 0 Å². The Bertz CT molecular complexity index is 1090. The smallest absolute Gasteiger partial charge is 0.258 e. The Labute approximate surface area is 173 Å². The van der Waals surface area contributed by atoms with Gasteiger partial charge < -0.3 is 15.4 Å². The normalized spacial score (nSPS) is 13.3. The Morgan fingerprint density at radius 1 is 1.23 bits per heavy atom. The standard InChI is InChI=1S/C21H24N6O3/c1-30-10-4-9-27-18-17(12-15(13-23-18)20(29)26-7-3-8-26)24-21(27)25-19(28)14-5-2-6-16(22)11-14/h2,5-6,11-13H,3-4,7-10,22H2,1H3,(H,24,25,28). The Hall–Kier alpha value is -3.46. The molecule has 156 valence electrons. The Kier molecular flexibility index (Phi) is 5.62. The first-order chi connectivity index (χ1) is 14.6. The molecule has 4 rings (SSSR count). The maximum Gasteiger partial charge on any atom is 0.258 e. The summed E-state index contributed by atoms with van der Waals surface area (Å²) in [6, 6.07) is 8.46. The molecule has 3 aromatic rings. The van der Waals surface area contributed by atoms with E-state index in [-0.39, 0.29) is 11.8 Å². The van der Waals surface area contributed by atoms with E-state index in [4.69, 9.17) is 10.5 Å². The average Bonchev–Trinajstić information content (AvgIpc) is 3.03. The quantitative estimate of drug-likeness (QED) is 0.457. The van der Waals surface area contributed by atoms with Crippen LogP contribution in [-0.2, 0) is 11.3 Å². The summed E-state index contributed by atoms with van der Waals surface area (Å²) in [5.74, 6) is 0.00647. The Balaban J connectivity index is 1.66. The highest BCUT2D eigenvalue weighted by molar-refractivity contribution is 6.04.